The molecule has 0 bridgehead atoms. The van der Waals surface area contributed by atoms with Crippen molar-refractivity contribution in [2.75, 3.05) is 26.7 Å². The lowest BCUT2D eigenvalue weighted by Gasteiger charge is -2.19. The number of aliphatic hydroxyl groups excluding tert-OH is 1. The molecule has 0 atom stereocenters. The van der Waals surface area contributed by atoms with Crippen LogP contribution in [0.5, 0.6) is 0 Å². The zero-order valence-electron chi connectivity index (χ0n) is 30.7. The van der Waals surface area contributed by atoms with E-state index >= 15 is 0 Å². The van der Waals surface area contributed by atoms with Gasteiger partial charge in [-0.05, 0) is 86.0 Å². The molecule has 0 radical (unpaired) electrons. The fraction of sp³-hybridized carbons (Fsp3) is 0.452. The van der Waals surface area contributed by atoms with Crippen LogP contribution in [0.4, 0.5) is 0 Å². The van der Waals surface area contributed by atoms with E-state index in [2.05, 4.69) is 76.9 Å². The van der Waals surface area contributed by atoms with Crippen molar-refractivity contribution in [1.82, 2.24) is 10.6 Å². The maximum Gasteiger partial charge on any atom is 0.252 e. The fourth-order valence-electron chi connectivity index (χ4n) is 4.56. The minimum atomic E-state index is -0.309. The van der Waals surface area contributed by atoms with Gasteiger partial charge >= 0.3 is 0 Å². The van der Waals surface area contributed by atoms with E-state index in [9.17, 15) is 9.59 Å². The van der Waals surface area contributed by atoms with Gasteiger partial charge in [-0.2, -0.15) is 0 Å². The molecule has 260 valence electrons. The van der Waals surface area contributed by atoms with Crippen LogP contribution in [0.3, 0.4) is 0 Å². The molecule has 6 heteroatoms. The molecule has 2 saturated carbocycles. The van der Waals surface area contributed by atoms with Gasteiger partial charge in [-0.25, -0.2) is 0 Å². The number of benzene rings is 3. The average Bonchev–Trinajstić information content (AvgIpc) is 4.10. The molecular weight excluding hydrogens is 594 g/mol. The van der Waals surface area contributed by atoms with Gasteiger partial charge in [0.15, 0.2) is 5.78 Å². The normalized spacial score (nSPS) is 13.8. The number of hydrogen-bond donors (Lipinski definition) is 3. The van der Waals surface area contributed by atoms with Crippen molar-refractivity contribution in [3.05, 3.63) is 95.1 Å². The number of carbonyl (C=O) groups excluding carboxylic acids is 2. The Morgan fingerprint density at radius 1 is 0.958 bits per heavy atom. The highest BCUT2D eigenvalue weighted by atomic mass is 16.3. The largest absolute Gasteiger partial charge is 0.389 e. The minimum absolute atomic E-state index is 0.0399. The molecule has 3 aromatic rings. The third-order valence-corrected chi connectivity index (χ3v) is 7.72. The van der Waals surface area contributed by atoms with Gasteiger partial charge in [0.25, 0.3) is 5.91 Å². The Hall–Kier alpha value is -4.05. The van der Waals surface area contributed by atoms with E-state index in [0.717, 1.165) is 55.0 Å². The SMILES string of the molecule is C/C=C(/C#CCNC)C=NCC1CC1.CC.CC.CCC(=O)CO.CCc1ccccc1C(=O)NC1(c2ccc3ccccc3c2)CC1. The summed E-state index contributed by atoms with van der Waals surface area (Å²) in [5.41, 5.74) is 3.93. The second kappa shape index (κ2) is 24.1. The molecule has 0 spiro atoms. The standard InChI is InChI=1S/C22H21NO.C12H18N2.C4H8O2.2C2H6/c1-2-16-7-5-6-10-20(16)21(24)23-22(13-14-22)19-12-11-17-8-3-4-9-18(17)15-19;1-3-11(5-4-8-13-2)9-14-10-12-6-7-12;1-2-4(6)3-5;2*1-2/h3-12,15H,2,13-14H2,1H3,(H,23,24);3,9,12-13H,6-8,10H2,1-2H3;5H,2-3H2,1H3;2*1-2H3/b;11-3-,14-9?;;;. The lowest BCUT2D eigenvalue weighted by atomic mass is 9.99. The first-order chi connectivity index (χ1) is 23.4. The topological polar surface area (TPSA) is 90.8 Å². The minimum Gasteiger partial charge on any atom is -0.389 e. The number of Topliss-reactive ketones (excluding diaryl/α,β-unsaturated/α-hetero) is 1. The summed E-state index contributed by atoms with van der Waals surface area (Å²) >= 11 is 0. The lowest BCUT2D eigenvalue weighted by molar-refractivity contribution is -0.121. The number of ketones is 1. The first-order valence-electron chi connectivity index (χ1n) is 17.7. The molecule has 0 unspecified atom stereocenters. The van der Waals surface area contributed by atoms with Crippen molar-refractivity contribution in [1.29, 1.82) is 0 Å². The van der Waals surface area contributed by atoms with Crippen molar-refractivity contribution in [3.8, 4) is 11.8 Å². The molecule has 2 aliphatic carbocycles. The van der Waals surface area contributed by atoms with Crippen molar-refractivity contribution in [2.45, 2.75) is 92.5 Å². The van der Waals surface area contributed by atoms with Crippen LogP contribution in [0.2, 0.25) is 0 Å². The van der Waals surface area contributed by atoms with Crippen LogP contribution >= 0.6 is 0 Å². The zero-order valence-corrected chi connectivity index (χ0v) is 30.7. The zero-order chi connectivity index (χ0) is 35.8. The van der Waals surface area contributed by atoms with Gasteiger partial charge in [0.2, 0.25) is 0 Å². The Balaban J connectivity index is 0.000000408. The smallest absolute Gasteiger partial charge is 0.252 e. The predicted molar refractivity (Wildman–Crippen MR) is 205 cm³/mol. The molecular formula is C42H59N3O3. The number of amides is 1. The molecule has 0 saturated heterocycles. The van der Waals surface area contributed by atoms with Gasteiger partial charge in [0.05, 0.1) is 12.1 Å². The fourth-order valence-corrected chi connectivity index (χ4v) is 4.56. The predicted octanol–water partition coefficient (Wildman–Crippen LogP) is 8.47. The van der Waals surface area contributed by atoms with Crippen molar-refractivity contribution >= 4 is 28.7 Å². The van der Waals surface area contributed by atoms with Crippen molar-refractivity contribution < 1.29 is 14.7 Å². The number of nitrogens with zero attached hydrogens (tertiary/aromatic N) is 1. The number of aliphatic hydroxyl groups is 1. The van der Waals surface area contributed by atoms with Gasteiger partial charge in [-0.1, -0.05) is 114 Å². The van der Waals surface area contributed by atoms with Crippen molar-refractivity contribution in [2.24, 2.45) is 10.9 Å². The molecule has 6 nitrogen and oxygen atoms in total. The third-order valence-electron chi connectivity index (χ3n) is 7.72. The summed E-state index contributed by atoms with van der Waals surface area (Å²) in [6.45, 7) is 15.2. The second-order valence-corrected chi connectivity index (χ2v) is 11.2. The number of hydrogen-bond acceptors (Lipinski definition) is 5. The highest BCUT2D eigenvalue weighted by molar-refractivity contribution is 5.96. The van der Waals surface area contributed by atoms with Crippen LogP contribution in [0.25, 0.3) is 10.8 Å². The summed E-state index contributed by atoms with van der Waals surface area (Å²) in [6, 6.07) is 22.8. The maximum absolute atomic E-state index is 12.8. The van der Waals surface area contributed by atoms with Crippen LogP contribution in [0.1, 0.15) is 102 Å². The van der Waals surface area contributed by atoms with E-state index in [0.29, 0.717) is 6.42 Å². The van der Waals surface area contributed by atoms with Gasteiger partial charge in [0, 0.05) is 30.3 Å². The monoisotopic (exact) mass is 653 g/mol. The Morgan fingerprint density at radius 3 is 2.15 bits per heavy atom. The van der Waals surface area contributed by atoms with Crippen LogP contribution in [-0.4, -0.2) is 49.8 Å². The van der Waals surface area contributed by atoms with E-state index in [-0.39, 0.29) is 23.8 Å². The molecule has 2 aliphatic rings. The number of aliphatic imine (C=N–C) groups is 1. The highest BCUT2D eigenvalue weighted by Crippen LogP contribution is 2.46. The van der Waals surface area contributed by atoms with Crippen LogP contribution in [-0.2, 0) is 16.8 Å². The molecule has 0 heterocycles. The quantitative estimate of drug-likeness (QED) is 0.151. The van der Waals surface area contributed by atoms with Crippen LogP contribution in [0, 0.1) is 17.8 Å². The Kier molecular flexibility index (Phi) is 21.1. The number of fused-ring (bicyclic) bond motifs is 1. The summed E-state index contributed by atoms with van der Waals surface area (Å²) in [4.78, 5) is 27.1. The van der Waals surface area contributed by atoms with Gasteiger partial charge < -0.3 is 15.7 Å². The van der Waals surface area contributed by atoms with E-state index < -0.39 is 0 Å². The summed E-state index contributed by atoms with van der Waals surface area (Å²) in [6.07, 6.45) is 9.92. The molecule has 3 N–H and O–H groups in total. The summed E-state index contributed by atoms with van der Waals surface area (Å²) < 4.78 is 0. The van der Waals surface area contributed by atoms with E-state index in [4.69, 9.17) is 5.11 Å². The molecule has 0 aliphatic heterocycles. The molecule has 3 aromatic carbocycles. The average molecular weight is 654 g/mol. The maximum atomic E-state index is 12.8. The lowest BCUT2D eigenvalue weighted by Crippen LogP contribution is -2.35. The molecule has 0 aromatic heterocycles. The first-order valence-corrected chi connectivity index (χ1v) is 17.7. The molecule has 1 amide bonds. The Bertz CT molecular complexity index is 1500. The molecule has 48 heavy (non-hydrogen) atoms. The summed E-state index contributed by atoms with van der Waals surface area (Å²) in [5, 5.41) is 16.7. The summed E-state index contributed by atoms with van der Waals surface area (Å²) in [5.74, 6) is 6.88. The third kappa shape index (κ3) is 14.8. The number of allylic oxidation sites excluding steroid dienone is 2. The van der Waals surface area contributed by atoms with Gasteiger partial charge in [-0.15, -0.1) is 0 Å². The second-order valence-electron chi connectivity index (χ2n) is 11.2. The van der Waals surface area contributed by atoms with E-state index in [1.54, 1.807) is 6.92 Å². The summed E-state index contributed by atoms with van der Waals surface area (Å²) in [7, 11) is 1.89. The number of aryl methyl sites for hydroxylation is 1. The number of carbonyl (C=O) groups is 2. The Morgan fingerprint density at radius 2 is 1.60 bits per heavy atom. The van der Waals surface area contributed by atoms with E-state index in [1.165, 1.54) is 29.2 Å². The molecule has 5 rings (SSSR count). The van der Waals surface area contributed by atoms with Crippen molar-refractivity contribution in [3.63, 3.8) is 0 Å². The number of rotatable bonds is 10. The van der Waals surface area contributed by atoms with Gasteiger partial charge in [0.1, 0.15) is 6.61 Å². The molecule has 2 fully saturated rings. The van der Waals surface area contributed by atoms with Crippen LogP contribution < -0.4 is 10.6 Å². The number of nitrogens with one attached hydrogen (secondary N) is 2. The van der Waals surface area contributed by atoms with Crippen LogP contribution in [0.15, 0.2) is 83.4 Å². The Labute approximate surface area is 290 Å². The van der Waals surface area contributed by atoms with Gasteiger partial charge in [-0.3, -0.25) is 14.6 Å². The van der Waals surface area contributed by atoms with E-state index in [1.807, 2.05) is 78.2 Å². The highest BCUT2D eigenvalue weighted by Gasteiger charge is 2.46. The first kappa shape index (κ1) is 42.0.